The van der Waals surface area contributed by atoms with Crippen molar-refractivity contribution in [1.82, 2.24) is 5.43 Å². The SMILES string of the molecule is CCOc1ccc(/C(C)=N/NC(=O)C2C3CCCCC32C)cc1. The Morgan fingerprint density at radius 3 is 2.70 bits per heavy atom. The Balaban J connectivity index is 1.60. The molecule has 1 N–H and O–H groups in total. The highest BCUT2D eigenvalue weighted by Crippen LogP contribution is 2.66. The van der Waals surface area contributed by atoms with Crippen LogP contribution in [0, 0.1) is 17.3 Å². The normalized spacial score (nSPS) is 29.6. The fourth-order valence-electron chi connectivity index (χ4n) is 4.08. The quantitative estimate of drug-likeness (QED) is 0.664. The minimum Gasteiger partial charge on any atom is -0.494 e. The first-order valence-electron chi connectivity index (χ1n) is 8.63. The highest BCUT2D eigenvalue weighted by molar-refractivity contribution is 5.99. The zero-order chi connectivity index (χ0) is 16.4. The van der Waals surface area contributed by atoms with E-state index in [-0.39, 0.29) is 17.2 Å². The molecule has 124 valence electrons. The molecule has 23 heavy (non-hydrogen) atoms. The monoisotopic (exact) mass is 314 g/mol. The molecule has 3 unspecified atom stereocenters. The van der Waals surface area contributed by atoms with E-state index < -0.39 is 0 Å². The van der Waals surface area contributed by atoms with Gasteiger partial charge in [0.15, 0.2) is 0 Å². The van der Waals surface area contributed by atoms with Gasteiger partial charge in [-0.05, 0) is 67.9 Å². The molecule has 2 aliphatic carbocycles. The number of ether oxygens (including phenoxy) is 1. The molecule has 1 aromatic rings. The molecule has 1 amide bonds. The molecule has 0 saturated heterocycles. The number of benzene rings is 1. The number of hydrazone groups is 1. The Morgan fingerprint density at radius 2 is 2.09 bits per heavy atom. The van der Waals surface area contributed by atoms with E-state index in [0.717, 1.165) is 17.0 Å². The summed E-state index contributed by atoms with van der Waals surface area (Å²) in [5.41, 5.74) is 4.82. The Hall–Kier alpha value is -1.84. The summed E-state index contributed by atoms with van der Waals surface area (Å²) in [6.07, 6.45) is 4.89. The number of hydrogen-bond donors (Lipinski definition) is 1. The van der Waals surface area contributed by atoms with E-state index >= 15 is 0 Å². The van der Waals surface area contributed by atoms with E-state index in [9.17, 15) is 4.79 Å². The first kappa shape index (κ1) is 16.0. The van der Waals surface area contributed by atoms with Gasteiger partial charge in [-0.25, -0.2) is 5.43 Å². The highest BCUT2D eigenvalue weighted by atomic mass is 16.5. The van der Waals surface area contributed by atoms with E-state index in [0.29, 0.717) is 12.5 Å². The molecule has 0 heterocycles. The van der Waals surface area contributed by atoms with Crippen LogP contribution in [0.2, 0.25) is 0 Å². The van der Waals surface area contributed by atoms with Gasteiger partial charge in [0.25, 0.3) is 0 Å². The molecule has 3 atom stereocenters. The van der Waals surface area contributed by atoms with Crippen LogP contribution >= 0.6 is 0 Å². The van der Waals surface area contributed by atoms with E-state index in [1.807, 2.05) is 38.1 Å². The van der Waals surface area contributed by atoms with Crippen LogP contribution in [-0.2, 0) is 4.79 Å². The van der Waals surface area contributed by atoms with Gasteiger partial charge < -0.3 is 4.74 Å². The summed E-state index contributed by atoms with van der Waals surface area (Å²) in [5.74, 6) is 1.66. The van der Waals surface area contributed by atoms with Crippen molar-refractivity contribution in [2.24, 2.45) is 22.4 Å². The minimum atomic E-state index is 0.0877. The average molecular weight is 314 g/mol. The van der Waals surface area contributed by atoms with Crippen LogP contribution in [0.1, 0.15) is 52.0 Å². The lowest BCUT2D eigenvalue weighted by molar-refractivity contribution is -0.123. The van der Waals surface area contributed by atoms with Gasteiger partial charge in [0.1, 0.15) is 5.75 Å². The predicted molar refractivity (Wildman–Crippen MR) is 91.5 cm³/mol. The van der Waals surface area contributed by atoms with Gasteiger partial charge in [-0.15, -0.1) is 0 Å². The summed E-state index contributed by atoms with van der Waals surface area (Å²) >= 11 is 0. The largest absolute Gasteiger partial charge is 0.494 e. The fraction of sp³-hybridized carbons (Fsp3) is 0.579. The second-order valence-electron chi connectivity index (χ2n) is 6.97. The number of amides is 1. The molecule has 2 fully saturated rings. The van der Waals surface area contributed by atoms with Gasteiger partial charge in [0.05, 0.1) is 12.3 Å². The van der Waals surface area contributed by atoms with Crippen molar-refractivity contribution < 1.29 is 9.53 Å². The average Bonchev–Trinajstić information content (AvgIpc) is 3.19. The molecule has 0 aliphatic heterocycles. The number of fused-ring (bicyclic) bond motifs is 1. The maximum absolute atomic E-state index is 12.4. The van der Waals surface area contributed by atoms with Crippen LogP contribution in [0.4, 0.5) is 0 Å². The van der Waals surface area contributed by atoms with Gasteiger partial charge in [-0.1, -0.05) is 19.8 Å². The topological polar surface area (TPSA) is 50.7 Å². The Morgan fingerprint density at radius 1 is 1.35 bits per heavy atom. The van der Waals surface area contributed by atoms with Gasteiger partial charge in [0.2, 0.25) is 5.91 Å². The second kappa shape index (κ2) is 6.34. The Bertz CT molecular complexity index is 608. The molecular weight excluding hydrogens is 288 g/mol. The van der Waals surface area contributed by atoms with Crippen molar-refractivity contribution in [2.45, 2.75) is 46.5 Å². The molecule has 2 aliphatic rings. The van der Waals surface area contributed by atoms with Gasteiger partial charge in [0, 0.05) is 5.92 Å². The van der Waals surface area contributed by atoms with Crippen molar-refractivity contribution in [3.8, 4) is 5.75 Å². The van der Waals surface area contributed by atoms with Crippen LogP contribution < -0.4 is 10.2 Å². The number of rotatable bonds is 5. The van der Waals surface area contributed by atoms with Crippen molar-refractivity contribution in [2.75, 3.05) is 6.61 Å². The van der Waals surface area contributed by atoms with E-state index in [4.69, 9.17) is 4.74 Å². The summed E-state index contributed by atoms with van der Waals surface area (Å²) in [6, 6.07) is 7.79. The molecule has 0 radical (unpaired) electrons. The van der Waals surface area contributed by atoms with Crippen molar-refractivity contribution >= 4 is 11.6 Å². The van der Waals surface area contributed by atoms with Crippen molar-refractivity contribution in [1.29, 1.82) is 0 Å². The minimum absolute atomic E-state index is 0.0877. The molecule has 0 bridgehead atoms. The lowest BCUT2D eigenvalue weighted by atomic mass is 9.90. The number of carbonyl (C=O) groups is 1. The number of carbonyl (C=O) groups excluding carboxylic acids is 1. The van der Waals surface area contributed by atoms with E-state index in [1.165, 1.54) is 25.7 Å². The summed E-state index contributed by atoms with van der Waals surface area (Å²) in [6.45, 7) is 6.79. The van der Waals surface area contributed by atoms with Crippen molar-refractivity contribution in [3.05, 3.63) is 29.8 Å². The Kier molecular flexibility index (Phi) is 4.42. The van der Waals surface area contributed by atoms with Crippen LogP contribution in [0.3, 0.4) is 0 Å². The highest BCUT2D eigenvalue weighted by Gasteiger charge is 2.64. The van der Waals surface area contributed by atoms with Gasteiger partial charge >= 0.3 is 0 Å². The van der Waals surface area contributed by atoms with E-state index in [1.54, 1.807) is 0 Å². The molecule has 0 spiro atoms. The zero-order valence-corrected chi connectivity index (χ0v) is 14.3. The summed E-state index contributed by atoms with van der Waals surface area (Å²) < 4.78 is 5.43. The fourth-order valence-corrected chi connectivity index (χ4v) is 4.08. The summed E-state index contributed by atoms with van der Waals surface area (Å²) in [4.78, 5) is 12.4. The first-order valence-corrected chi connectivity index (χ1v) is 8.63. The Labute approximate surface area is 138 Å². The lowest BCUT2D eigenvalue weighted by Gasteiger charge is -2.15. The number of nitrogens with one attached hydrogen (secondary N) is 1. The van der Waals surface area contributed by atoms with Crippen molar-refractivity contribution in [3.63, 3.8) is 0 Å². The second-order valence-corrected chi connectivity index (χ2v) is 6.97. The van der Waals surface area contributed by atoms with Gasteiger partial charge in [-0.3, -0.25) is 4.79 Å². The number of hydrogen-bond acceptors (Lipinski definition) is 3. The first-order chi connectivity index (χ1) is 11.1. The third-order valence-electron chi connectivity index (χ3n) is 5.53. The molecule has 4 nitrogen and oxygen atoms in total. The molecular formula is C19H26N2O2. The molecule has 4 heteroatoms. The molecule has 2 saturated carbocycles. The maximum Gasteiger partial charge on any atom is 0.244 e. The van der Waals surface area contributed by atoms with E-state index in [2.05, 4.69) is 17.5 Å². The zero-order valence-electron chi connectivity index (χ0n) is 14.3. The maximum atomic E-state index is 12.4. The third kappa shape index (κ3) is 3.12. The predicted octanol–water partition coefficient (Wildman–Crippen LogP) is 3.75. The molecule has 3 rings (SSSR count). The van der Waals surface area contributed by atoms with Crippen LogP contribution in [0.15, 0.2) is 29.4 Å². The number of nitrogens with zero attached hydrogens (tertiary/aromatic N) is 1. The van der Waals surface area contributed by atoms with Crippen LogP contribution in [0.5, 0.6) is 5.75 Å². The third-order valence-corrected chi connectivity index (χ3v) is 5.53. The summed E-state index contributed by atoms with van der Waals surface area (Å²) in [5, 5.41) is 4.30. The van der Waals surface area contributed by atoms with Gasteiger partial charge in [-0.2, -0.15) is 5.10 Å². The standard InChI is InChI=1S/C19H26N2O2/c1-4-23-15-10-8-14(9-11-15)13(2)20-21-18(22)17-16-7-5-6-12-19(16,17)3/h8-11,16-17H,4-7,12H2,1-3H3,(H,21,22)/b20-13+. The smallest absolute Gasteiger partial charge is 0.244 e. The van der Waals surface area contributed by atoms with Crippen LogP contribution in [0.25, 0.3) is 0 Å². The molecule has 0 aromatic heterocycles. The molecule has 1 aromatic carbocycles. The lowest BCUT2D eigenvalue weighted by Crippen LogP contribution is -2.23. The summed E-state index contributed by atoms with van der Waals surface area (Å²) in [7, 11) is 0. The van der Waals surface area contributed by atoms with Crippen LogP contribution in [-0.4, -0.2) is 18.2 Å².